The molecule has 0 spiro atoms. The molecule has 0 saturated heterocycles. The van der Waals surface area contributed by atoms with Gasteiger partial charge >= 0.3 is 0 Å². The van der Waals surface area contributed by atoms with E-state index >= 15 is 0 Å². The van der Waals surface area contributed by atoms with E-state index in [1.165, 1.54) is 0 Å². The minimum absolute atomic E-state index is 0.0685. The van der Waals surface area contributed by atoms with Crippen molar-refractivity contribution in [2.24, 2.45) is 11.1 Å². The fourth-order valence-electron chi connectivity index (χ4n) is 1.73. The molecule has 86 valence electrons. The fourth-order valence-corrected chi connectivity index (χ4v) is 1.73. The van der Waals surface area contributed by atoms with E-state index in [0.29, 0.717) is 19.6 Å². The lowest BCUT2D eigenvalue weighted by Gasteiger charge is -2.39. The average molecular weight is 204 g/mol. The van der Waals surface area contributed by atoms with Gasteiger partial charge in [0.25, 0.3) is 0 Å². The summed E-state index contributed by atoms with van der Waals surface area (Å²) in [7, 11) is 0. The molecule has 1 unspecified atom stereocenters. The quantitative estimate of drug-likeness (QED) is 0.553. The molecule has 0 saturated carbocycles. The van der Waals surface area contributed by atoms with Crippen molar-refractivity contribution >= 4 is 0 Å². The van der Waals surface area contributed by atoms with Gasteiger partial charge in [0.05, 0.1) is 13.2 Å². The highest BCUT2D eigenvalue weighted by Gasteiger charge is 2.28. The van der Waals surface area contributed by atoms with Gasteiger partial charge in [0.15, 0.2) is 0 Å². The zero-order valence-electron chi connectivity index (χ0n) is 9.53. The van der Waals surface area contributed by atoms with Crippen molar-refractivity contribution in [3.05, 3.63) is 0 Å². The van der Waals surface area contributed by atoms with Crippen LogP contribution in [0.4, 0.5) is 0 Å². The monoisotopic (exact) mass is 204 g/mol. The van der Waals surface area contributed by atoms with Crippen molar-refractivity contribution < 1.29 is 10.2 Å². The van der Waals surface area contributed by atoms with Crippen molar-refractivity contribution in [3.8, 4) is 0 Å². The van der Waals surface area contributed by atoms with Gasteiger partial charge in [-0.1, -0.05) is 20.8 Å². The second kappa shape index (κ2) is 6.35. The Hall–Kier alpha value is -0.160. The molecule has 1 atom stereocenters. The summed E-state index contributed by atoms with van der Waals surface area (Å²) in [5.41, 5.74) is 5.78. The van der Waals surface area contributed by atoms with Gasteiger partial charge in [-0.2, -0.15) is 0 Å². The third-order valence-corrected chi connectivity index (χ3v) is 2.44. The second-order valence-corrected chi connectivity index (χ2v) is 4.60. The highest BCUT2D eigenvalue weighted by atomic mass is 16.3. The molecule has 0 bridgehead atoms. The van der Waals surface area contributed by atoms with Crippen LogP contribution in [0.3, 0.4) is 0 Å². The van der Waals surface area contributed by atoms with E-state index in [2.05, 4.69) is 20.8 Å². The summed E-state index contributed by atoms with van der Waals surface area (Å²) in [4.78, 5) is 2.04. The number of aliphatic hydroxyl groups is 2. The second-order valence-electron chi connectivity index (χ2n) is 4.60. The van der Waals surface area contributed by atoms with Crippen molar-refractivity contribution in [2.45, 2.75) is 26.8 Å². The van der Waals surface area contributed by atoms with Gasteiger partial charge in [-0.05, 0) is 5.41 Å². The van der Waals surface area contributed by atoms with Gasteiger partial charge in [-0.25, -0.2) is 0 Å². The third kappa shape index (κ3) is 4.37. The van der Waals surface area contributed by atoms with Gasteiger partial charge in [-0.3, -0.25) is 4.90 Å². The summed E-state index contributed by atoms with van der Waals surface area (Å²) in [5, 5.41) is 17.8. The highest BCUT2D eigenvalue weighted by Crippen LogP contribution is 2.23. The van der Waals surface area contributed by atoms with E-state index in [1.54, 1.807) is 0 Å². The van der Waals surface area contributed by atoms with Crippen LogP contribution in [0.25, 0.3) is 0 Å². The summed E-state index contributed by atoms with van der Waals surface area (Å²) in [6.45, 7) is 8.24. The summed E-state index contributed by atoms with van der Waals surface area (Å²) in [6.07, 6.45) is 0. The maximum absolute atomic E-state index is 8.91. The highest BCUT2D eigenvalue weighted by molar-refractivity contribution is 4.83. The lowest BCUT2D eigenvalue weighted by molar-refractivity contribution is 0.0680. The number of aliphatic hydroxyl groups excluding tert-OH is 2. The third-order valence-electron chi connectivity index (χ3n) is 2.44. The molecule has 0 radical (unpaired) electrons. The van der Waals surface area contributed by atoms with Crippen LogP contribution in [-0.4, -0.2) is 54.0 Å². The van der Waals surface area contributed by atoms with Gasteiger partial charge in [-0.15, -0.1) is 0 Å². The Morgan fingerprint density at radius 3 is 1.79 bits per heavy atom. The van der Waals surface area contributed by atoms with Crippen LogP contribution >= 0.6 is 0 Å². The zero-order chi connectivity index (χ0) is 11.2. The first kappa shape index (κ1) is 13.8. The van der Waals surface area contributed by atoms with Crippen molar-refractivity contribution in [2.75, 3.05) is 32.8 Å². The molecule has 0 aliphatic rings. The smallest absolute Gasteiger partial charge is 0.0558 e. The molecule has 0 aromatic rings. The van der Waals surface area contributed by atoms with Crippen LogP contribution in [0, 0.1) is 5.41 Å². The van der Waals surface area contributed by atoms with Crippen LogP contribution < -0.4 is 5.73 Å². The Balaban J connectivity index is 4.41. The van der Waals surface area contributed by atoms with Crippen LogP contribution in [0.5, 0.6) is 0 Å². The molecule has 0 aromatic heterocycles. The lowest BCUT2D eigenvalue weighted by atomic mass is 9.85. The number of nitrogens with zero attached hydrogens (tertiary/aromatic N) is 1. The number of rotatable bonds is 6. The van der Waals surface area contributed by atoms with Crippen LogP contribution in [-0.2, 0) is 0 Å². The first-order valence-corrected chi connectivity index (χ1v) is 5.13. The van der Waals surface area contributed by atoms with Crippen LogP contribution in [0.2, 0.25) is 0 Å². The van der Waals surface area contributed by atoms with E-state index < -0.39 is 0 Å². The molecule has 0 aliphatic heterocycles. The zero-order valence-corrected chi connectivity index (χ0v) is 9.53. The van der Waals surface area contributed by atoms with E-state index in [1.807, 2.05) is 4.90 Å². The predicted molar refractivity (Wildman–Crippen MR) is 58.0 cm³/mol. The Labute approximate surface area is 86.7 Å². The van der Waals surface area contributed by atoms with Crippen molar-refractivity contribution in [1.82, 2.24) is 4.90 Å². The lowest BCUT2D eigenvalue weighted by Crippen LogP contribution is -2.50. The Morgan fingerprint density at radius 1 is 1.14 bits per heavy atom. The molecule has 0 rings (SSSR count). The average Bonchev–Trinajstić information content (AvgIpc) is 2.03. The number of nitrogens with two attached hydrogens (primary N) is 1. The molecule has 0 aromatic carbocycles. The van der Waals surface area contributed by atoms with Crippen molar-refractivity contribution in [1.29, 1.82) is 0 Å². The van der Waals surface area contributed by atoms with Gasteiger partial charge in [0.2, 0.25) is 0 Å². The SMILES string of the molecule is CC(C)(C)C(CN)N(CCO)CCO. The van der Waals surface area contributed by atoms with Gasteiger partial charge in [0.1, 0.15) is 0 Å². The molecule has 0 amide bonds. The molecule has 4 heteroatoms. The molecule has 4 N–H and O–H groups in total. The van der Waals surface area contributed by atoms with E-state index in [0.717, 1.165) is 0 Å². The standard InChI is InChI=1S/C10H24N2O2/c1-10(2,3)9(8-11)12(4-6-13)5-7-14/h9,13-14H,4-8,11H2,1-3H3. The Morgan fingerprint density at radius 2 is 1.57 bits per heavy atom. The number of hydrogen-bond donors (Lipinski definition) is 3. The normalized spacial score (nSPS) is 14.8. The van der Waals surface area contributed by atoms with Gasteiger partial charge < -0.3 is 15.9 Å². The molecule has 0 aliphatic carbocycles. The first-order valence-electron chi connectivity index (χ1n) is 5.13. The van der Waals surface area contributed by atoms with Crippen molar-refractivity contribution in [3.63, 3.8) is 0 Å². The predicted octanol–water partition coefficient (Wildman–Crippen LogP) is -0.354. The summed E-state index contributed by atoms with van der Waals surface area (Å²) in [6, 6.07) is 0.196. The molecule has 0 heterocycles. The number of hydrogen-bond acceptors (Lipinski definition) is 4. The summed E-state index contributed by atoms with van der Waals surface area (Å²) in [5.74, 6) is 0. The van der Waals surface area contributed by atoms with E-state index in [4.69, 9.17) is 15.9 Å². The largest absolute Gasteiger partial charge is 0.395 e. The van der Waals surface area contributed by atoms with Gasteiger partial charge in [0, 0.05) is 25.7 Å². The van der Waals surface area contributed by atoms with E-state index in [9.17, 15) is 0 Å². The maximum Gasteiger partial charge on any atom is 0.0558 e. The minimum atomic E-state index is 0.0685. The minimum Gasteiger partial charge on any atom is -0.395 e. The molecule has 14 heavy (non-hydrogen) atoms. The molecular weight excluding hydrogens is 180 g/mol. The van der Waals surface area contributed by atoms with E-state index in [-0.39, 0.29) is 24.7 Å². The maximum atomic E-state index is 8.91. The topological polar surface area (TPSA) is 69.7 Å². The Bertz CT molecular complexity index is 140. The fraction of sp³-hybridized carbons (Fsp3) is 1.00. The summed E-state index contributed by atoms with van der Waals surface area (Å²) < 4.78 is 0. The summed E-state index contributed by atoms with van der Waals surface area (Å²) >= 11 is 0. The molecule has 4 nitrogen and oxygen atoms in total. The molecular formula is C10H24N2O2. The van der Waals surface area contributed by atoms with Crippen LogP contribution in [0.15, 0.2) is 0 Å². The molecule has 0 fully saturated rings. The Kier molecular flexibility index (Phi) is 6.27. The first-order chi connectivity index (χ1) is 6.47. The van der Waals surface area contributed by atoms with Crippen LogP contribution in [0.1, 0.15) is 20.8 Å².